The van der Waals surface area contributed by atoms with Crippen LogP contribution in [0.4, 0.5) is 0 Å². The molecule has 0 bridgehead atoms. The Hall–Kier alpha value is 0.380. The van der Waals surface area contributed by atoms with Gasteiger partial charge in [0.2, 0.25) is 5.91 Å². The molecule has 0 spiro atoms. The Labute approximate surface area is 74.6 Å². The summed E-state index contributed by atoms with van der Waals surface area (Å²) in [6.07, 6.45) is 0. The van der Waals surface area contributed by atoms with Crippen LogP contribution in [0.1, 0.15) is 0 Å². The first-order chi connectivity index (χ1) is 3.42. The molecule has 0 aromatic rings. The quantitative estimate of drug-likeness (QED) is 0.315. The minimum Gasteiger partial charge on any atom is -0.369 e. The summed E-state index contributed by atoms with van der Waals surface area (Å²) in [6.45, 7) is 0. The van der Waals surface area contributed by atoms with Crippen LogP contribution >= 0.6 is 0 Å². The normalized spacial score (nSPS) is 9.89. The first-order valence-electron chi connectivity index (χ1n) is 1.65. The van der Waals surface area contributed by atoms with Crippen molar-refractivity contribution in [2.45, 2.75) is 0 Å². The average molecular weight is 162 g/mol. The van der Waals surface area contributed by atoms with Gasteiger partial charge in [0.1, 0.15) is 0 Å². The molecule has 3 N–H and O–H groups in total. The first kappa shape index (κ1) is 12.1. The standard InChI is InChI=1S/C2H5NO4S.Na/c3-2(4)1-8(5,6)7;/h1H2,(H2,3,4)(H,5,6,7);/q;+1. The Morgan fingerprint density at radius 2 is 1.89 bits per heavy atom. The maximum atomic E-state index is 9.70. The van der Waals surface area contributed by atoms with Crippen LogP contribution < -0.4 is 35.3 Å². The van der Waals surface area contributed by atoms with Crippen molar-refractivity contribution in [2.24, 2.45) is 5.73 Å². The van der Waals surface area contributed by atoms with Gasteiger partial charge in [-0.2, -0.15) is 8.42 Å². The van der Waals surface area contributed by atoms with E-state index < -0.39 is 21.8 Å². The average Bonchev–Trinajstić information content (AvgIpc) is 1.21. The van der Waals surface area contributed by atoms with Gasteiger partial charge in [0.05, 0.1) is 0 Å². The van der Waals surface area contributed by atoms with Gasteiger partial charge in [0.15, 0.2) is 5.75 Å². The zero-order valence-corrected chi connectivity index (χ0v) is 7.68. The van der Waals surface area contributed by atoms with Gasteiger partial charge in [-0.25, -0.2) is 0 Å². The molecule has 48 valence electrons. The molecule has 0 fully saturated rings. The molecular formula is C2H5NNaO4S+. The van der Waals surface area contributed by atoms with Crippen molar-refractivity contribution in [3.8, 4) is 0 Å². The van der Waals surface area contributed by atoms with E-state index in [0.717, 1.165) is 0 Å². The number of nitrogens with two attached hydrogens (primary N) is 1. The first-order valence-corrected chi connectivity index (χ1v) is 3.26. The van der Waals surface area contributed by atoms with Crippen LogP contribution in [0.3, 0.4) is 0 Å². The fourth-order valence-electron chi connectivity index (χ4n) is 0.180. The molecular weight excluding hydrogens is 157 g/mol. The van der Waals surface area contributed by atoms with Crippen LogP contribution in [0.15, 0.2) is 0 Å². The molecule has 0 rings (SSSR count). The van der Waals surface area contributed by atoms with Gasteiger partial charge in [0, 0.05) is 0 Å². The third kappa shape index (κ3) is 11.8. The Morgan fingerprint density at radius 3 is 1.89 bits per heavy atom. The Kier molecular flexibility index (Phi) is 5.69. The third-order valence-corrected chi connectivity index (χ3v) is 0.974. The van der Waals surface area contributed by atoms with E-state index in [1.54, 1.807) is 0 Å². The van der Waals surface area contributed by atoms with E-state index in [9.17, 15) is 13.2 Å². The second kappa shape index (κ2) is 4.24. The van der Waals surface area contributed by atoms with Crippen molar-refractivity contribution < 1.29 is 47.3 Å². The molecule has 0 radical (unpaired) electrons. The summed E-state index contributed by atoms with van der Waals surface area (Å²) < 4.78 is 27.3. The molecule has 0 aliphatic carbocycles. The molecule has 0 atom stereocenters. The Bertz CT molecular complexity index is 185. The number of carbonyl (C=O) groups is 1. The topological polar surface area (TPSA) is 97.5 Å². The summed E-state index contributed by atoms with van der Waals surface area (Å²) in [5, 5.41) is 0. The van der Waals surface area contributed by atoms with E-state index in [4.69, 9.17) is 4.55 Å². The molecule has 0 saturated carbocycles. The van der Waals surface area contributed by atoms with Gasteiger partial charge in [-0.3, -0.25) is 9.35 Å². The molecule has 0 unspecified atom stereocenters. The molecule has 0 saturated heterocycles. The number of rotatable bonds is 2. The Balaban J connectivity index is 0. The van der Waals surface area contributed by atoms with E-state index >= 15 is 0 Å². The van der Waals surface area contributed by atoms with Crippen molar-refractivity contribution in [3.05, 3.63) is 0 Å². The maximum Gasteiger partial charge on any atom is 1.00 e. The zero-order chi connectivity index (χ0) is 6.78. The summed E-state index contributed by atoms with van der Waals surface area (Å²) in [5.41, 5.74) is 4.40. The molecule has 5 nitrogen and oxygen atoms in total. The van der Waals surface area contributed by atoms with E-state index in [2.05, 4.69) is 5.73 Å². The van der Waals surface area contributed by atoms with E-state index in [0.29, 0.717) is 0 Å². The summed E-state index contributed by atoms with van der Waals surface area (Å²) >= 11 is 0. The number of primary amides is 1. The predicted octanol–water partition coefficient (Wildman–Crippen LogP) is -4.64. The maximum absolute atomic E-state index is 9.70. The molecule has 7 heteroatoms. The minimum atomic E-state index is -4.20. The van der Waals surface area contributed by atoms with Gasteiger partial charge in [-0.15, -0.1) is 0 Å². The van der Waals surface area contributed by atoms with E-state index in [1.165, 1.54) is 0 Å². The van der Waals surface area contributed by atoms with E-state index in [-0.39, 0.29) is 29.6 Å². The Morgan fingerprint density at radius 1 is 1.56 bits per heavy atom. The van der Waals surface area contributed by atoms with Crippen molar-refractivity contribution in [2.75, 3.05) is 5.75 Å². The molecule has 0 aliphatic rings. The number of hydrogen-bond donors (Lipinski definition) is 2. The molecule has 0 aliphatic heterocycles. The van der Waals surface area contributed by atoms with Gasteiger partial charge >= 0.3 is 29.6 Å². The van der Waals surface area contributed by atoms with Gasteiger partial charge in [-0.05, 0) is 0 Å². The summed E-state index contributed by atoms with van der Waals surface area (Å²) in [4.78, 5) is 9.70. The van der Waals surface area contributed by atoms with Gasteiger partial charge < -0.3 is 5.73 Å². The minimum absolute atomic E-state index is 0. The molecule has 0 aromatic carbocycles. The van der Waals surface area contributed by atoms with E-state index in [1.807, 2.05) is 0 Å². The van der Waals surface area contributed by atoms with Crippen LogP contribution in [0, 0.1) is 0 Å². The second-order valence-corrected chi connectivity index (χ2v) is 2.65. The summed E-state index contributed by atoms with van der Waals surface area (Å²) in [5.74, 6) is -2.07. The SMILES string of the molecule is NC(=O)CS(=O)(=O)O.[Na+]. The van der Waals surface area contributed by atoms with Crippen LogP contribution in [-0.2, 0) is 14.9 Å². The predicted molar refractivity (Wildman–Crippen MR) is 25.6 cm³/mol. The zero-order valence-electron chi connectivity index (χ0n) is 4.86. The largest absolute Gasteiger partial charge is 1.00 e. The molecule has 0 heterocycles. The second-order valence-electron chi connectivity index (χ2n) is 1.19. The third-order valence-electron chi connectivity index (χ3n) is 0.325. The number of hydrogen-bond acceptors (Lipinski definition) is 3. The molecule has 0 aromatic heterocycles. The van der Waals surface area contributed by atoms with Crippen molar-refractivity contribution in [3.63, 3.8) is 0 Å². The van der Waals surface area contributed by atoms with Crippen molar-refractivity contribution >= 4 is 16.0 Å². The fourth-order valence-corrected chi connectivity index (χ4v) is 0.539. The summed E-state index contributed by atoms with van der Waals surface area (Å²) in [6, 6.07) is 0. The van der Waals surface area contributed by atoms with Crippen LogP contribution in [0.5, 0.6) is 0 Å². The smallest absolute Gasteiger partial charge is 0.369 e. The van der Waals surface area contributed by atoms with Crippen molar-refractivity contribution in [1.29, 1.82) is 0 Å². The van der Waals surface area contributed by atoms with Crippen molar-refractivity contribution in [1.82, 2.24) is 0 Å². The van der Waals surface area contributed by atoms with Crippen LogP contribution in [-0.4, -0.2) is 24.6 Å². The van der Waals surface area contributed by atoms with Crippen LogP contribution in [0.2, 0.25) is 0 Å². The van der Waals surface area contributed by atoms with Gasteiger partial charge in [-0.1, -0.05) is 0 Å². The molecule has 1 amide bonds. The summed E-state index contributed by atoms with van der Waals surface area (Å²) in [7, 11) is -4.20. The van der Waals surface area contributed by atoms with Gasteiger partial charge in [0.25, 0.3) is 10.1 Å². The van der Waals surface area contributed by atoms with Crippen LogP contribution in [0.25, 0.3) is 0 Å². The fraction of sp³-hybridized carbons (Fsp3) is 0.500. The number of amides is 1. The molecule has 9 heavy (non-hydrogen) atoms. The monoisotopic (exact) mass is 162 g/mol. The number of carbonyl (C=O) groups excluding carboxylic acids is 1.